The Morgan fingerprint density at radius 3 is 1.45 bits per heavy atom. The number of nitrogens with zero attached hydrogens (tertiary/aromatic N) is 1. The molecule has 1 saturated heterocycles. The minimum Gasteiger partial charge on any atom is -0.507 e. The summed E-state index contributed by atoms with van der Waals surface area (Å²) in [4.78, 5) is 39.6. The minimum atomic E-state index is -1.21. The fourth-order valence-electron chi connectivity index (χ4n) is 7.38. The zero-order chi connectivity index (χ0) is 54.8. The Balaban J connectivity index is 0.767. The van der Waals surface area contributed by atoms with E-state index in [9.17, 15) is 24.6 Å². The molecule has 2 amide bonds. The number of nitrogens with one attached hydrogen (secondary N) is 3. The molecule has 0 radical (unpaired) electrons. The van der Waals surface area contributed by atoms with Crippen molar-refractivity contribution in [2.75, 3.05) is 171 Å². The van der Waals surface area contributed by atoms with Gasteiger partial charge in [-0.1, -0.05) is 36.8 Å². The first-order valence-electron chi connectivity index (χ1n) is 26.4. The molecule has 77 heavy (non-hydrogen) atoms. The van der Waals surface area contributed by atoms with Crippen molar-refractivity contribution in [3.63, 3.8) is 0 Å². The quantitative estimate of drug-likeness (QED) is 0.0316. The number of ether oxygens (including phenoxy) is 12. The predicted octanol–water partition coefficient (Wildman–Crippen LogP) is 2.98. The molecule has 2 aromatic carbocycles. The summed E-state index contributed by atoms with van der Waals surface area (Å²) in [5.74, 6) is -0.656. The van der Waals surface area contributed by atoms with Gasteiger partial charge in [0, 0.05) is 54.4 Å². The zero-order valence-electron chi connectivity index (χ0n) is 44.4. The van der Waals surface area contributed by atoms with Crippen molar-refractivity contribution in [3.05, 3.63) is 59.8 Å². The van der Waals surface area contributed by atoms with Crippen molar-refractivity contribution in [1.82, 2.24) is 21.1 Å². The van der Waals surface area contributed by atoms with Gasteiger partial charge >= 0.3 is 5.97 Å². The van der Waals surface area contributed by atoms with Crippen molar-refractivity contribution in [1.29, 1.82) is 0 Å². The van der Waals surface area contributed by atoms with Gasteiger partial charge in [0.25, 0.3) is 0 Å². The fourth-order valence-corrected chi connectivity index (χ4v) is 8.87. The highest BCUT2D eigenvalue weighted by atomic mass is 32.2. The van der Waals surface area contributed by atoms with Crippen LogP contribution in [0.15, 0.2) is 48.5 Å². The number of aromatic carboxylic acids is 1. The number of carboxylic acid groups (broad SMARTS) is 1. The number of carbonyl (C=O) groups excluding carboxylic acids is 2. The normalized spacial score (nSPS) is 15.4. The average Bonchev–Trinajstić information content (AvgIpc) is 3.80. The van der Waals surface area contributed by atoms with Crippen LogP contribution < -0.4 is 21.8 Å². The topological polar surface area (TPSA) is 298 Å². The van der Waals surface area contributed by atoms with Crippen molar-refractivity contribution < 1.29 is 86.6 Å². The molecule has 0 aliphatic carbocycles. The number of nitrogens with two attached hydrogens (primary N) is 1. The lowest BCUT2D eigenvalue weighted by atomic mass is 10.0. The first-order chi connectivity index (χ1) is 37.7. The first kappa shape index (κ1) is 65.3. The SMILES string of the molecule is N[C@H]1[C@@H](NO)CS[C@H]1CCCCC(=O)NCCOCCOCCOCCOCCOCCOCCOCCOCCOCCOCCOCCOCCC(=O)NCc1ccc(-c2ccc3nc(C(=O)O)cc(O)c3c2)cc1. The maximum absolute atomic E-state index is 12.3. The van der Waals surface area contributed by atoms with Gasteiger partial charge in [-0.05, 0) is 41.7 Å². The summed E-state index contributed by atoms with van der Waals surface area (Å²) >= 11 is 1.77. The molecule has 434 valence electrons. The van der Waals surface area contributed by atoms with Gasteiger partial charge in [-0.15, -0.1) is 0 Å². The van der Waals surface area contributed by atoms with E-state index in [0.29, 0.717) is 188 Å². The molecule has 0 unspecified atom stereocenters. The summed E-state index contributed by atoms with van der Waals surface area (Å²) in [7, 11) is 0. The monoisotopic (exact) mass is 1110 g/mol. The lowest BCUT2D eigenvalue weighted by molar-refractivity contribution is -0.123. The van der Waals surface area contributed by atoms with Crippen molar-refractivity contribution in [2.24, 2.45) is 5.73 Å². The predicted molar refractivity (Wildman–Crippen MR) is 287 cm³/mol. The maximum atomic E-state index is 12.3. The average molecular weight is 1110 g/mol. The Labute approximate surface area is 456 Å². The molecule has 2 heterocycles. The van der Waals surface area contributed by atoms with Crippen LogP contribution >= 0.6 is 11.8 Å². The van der Waals surface area contributed by atoms with Gasteiger partial charge in [0.15, 0.2) is 5.69 Å². The number of hydrogen-bond acceptors (Lipinski definition) is 21. The van der Waals surface area contributed by atoms with Crippen LogP contribution in [0.25, 0.3) is 22.0 Å². The summed E-state index contributed by atoms with van der Waals surface area (Å²) in [6.45, 7) is 11.4. The Bertz CT molecular complexity index is 2030. The van der Waals surface area contributed by atoms with E-state index in [1.807, 2.05) is 30.3 Å². The van der Waals surface area contributed by atoms with Crippen LogP contribution in [-0.2, 0) is 73.0 Å². The minimum absolute atomic E-state index is 0.0205. The first-order valence-corrected chi connectivity index (χ1v) is 27.5. The molecule has 1 aliphatic rings. The number of rotatable bonds is 49. The molecular formula is C53H83N5O18S. The van der Waals surface area contributed by atoms with Crippen LogP contribution in [0, 0.1) is 0 Å². The zero-order valence-corrected chi connectivity index (χ0v) is 45.2. The number of benzene rings is 2. The molecule has 1 aliphatic heterocycles. The largest absolute Gasteiger partial charge is 0.507 e. The van der Waals surface area contributed by atoms with Crippen LogP contribution in [-0.4, -0.2) is 226 Å². The summed E-state index contributed by atoms with van der Waals surface area (Å²) in [5.41, 5.74) is 11.2. The number of thioether (sulfide) groups is 1. The highest BCUT2D eigenvalue weighted by Crippen LogP contribution is 2.31. The Morgan fingerprint density at radius 1 is 0.558 bits per heavy atom. The Hall–Kier alpha value is -4.19. The van der Waals surface area contributed by atoms with Crippen molar-refractivity contribution >= 4 is 40.4 Å². The van der Waals surface area contributed by atoms with Crippen LogP contribution in [0.3, 0.4) is 0 Å². The number of amides is 2. The van der Waals surface area contributed by atoms with E-state index >= 15 is 0 Å². The van der Waals surface area contributed by atoms with Gasteiger partial charge in [-0.25, -0.2) is 15.3 Å². The van der Waals surface area contributed by atoms with E-state index in [0.717, 1.165) is 47.8 Å². The van der Waals surface area contributed by atoms with E-state index in [1.54, 1.807) is 23.9 Å². The molecule has 1 fully saturated rings. The second kappa shape index (κ2) is 42.7. The summed E-state index contributed by atoms with van der Waals surface area (Å²) in [6.07, 6.45) is 3.39. The number of carbonyl (C=O) groups is 3. The molecule has 23 nitrogen and oxygen atoms in total. The smallest absolute Gasteiger partial charge is 0.354 e. The van der Waals surface area contributed by atoms with E-state index in [-0.39, 0.29) is 48.4 Å². The summed E-state index contributed by atoms with van der Waals surface area (Å²) in [6, 6.07) is 13.9. The van der Waals surface area contributed by atoms with E-state index in [1.165, 1.54) is 0 Å². The van der Waals surface area contributed by atoms with Crippen LogP contribution in [0.1, 0.15) is 48.2 Å². The Kier molecular flexibility index (Phi) is 36.2. The lowest BCUT2D eigenvalue weighted by Gasteiger charge is -2.18. The molecule has 0 bridgehead atoms. The van der Waals surface area contributed by atoms with Gasteiger partial charge < -0.3 is 88.6 Å². The number of carboxylic acids is 1. The number of hydrogen-bond donors (Lipinski definition) is 7. The van der Waals surface area contributed by atoms with Gasteiger partial charge in [0.1, 0.15) is 5.75 Å². The van der Waals surface area contributed by atoms with Crippen LogP contribution in [0.5, 0.6) is 5.75 Å². The third-order valence-corrected chi connectivity index (χ3v) is 13.1. The van der Waals surface area contributed by atoms with Gasteiger partial charge in [0.2, 0.25) is 11.8 Å². The third kappa shape index (κ3) is 30.1. The van der Waals surface area contributed by atoms with E-state index < -0.39 is 5.97 Å². The van der Waals surface area contributed by atoms with Crippen LogP contribution in [0.2, 0.25) is 0 Å². The van der Waals surface area contributed by atoms with Gasteiger partial charge in [-0.3, -0.25) is 9.59 Å². The van der Waals surface area contributed by atoms with Gasteiger partial charge in [-0.2, -0.15) is 11.8 Å². The second-order valence-corrected chi connectivity index (χ2v) is 18.7. The third-order valence-electron chi connectivity index (χ3n) is 11.6. The van der Waals surface area contributed by atoms with Crippen molar-refractivity contribution in [2.45, 2.75) is 56.0 Å². The number of aromatic hydroxyl groups is 1. The molecule has 4 rings (SSSR count). The fraction of sp³-hybridized carbons (Fsp3) is 0.660. The Morgan fingerprint density at radius 2 is 1.00 bits per heavy atom. The highest BCUT2D eigenvalue weighted by Gasteiger charge is 2.33. The molecule has 3 atom stereocenters. The summed E-state index contributed by atoms with van der Waals surface area (Å²) < 4.78 is 66.2. The standard InChI is InChI=1S/C53H83N5O18S/c54-52-47(58-64)40-77-49(52)3-1-2-4-50(60)55-12-14-66-16-18-68-20-22-70-24-26-72-28-30-74-32-34-76-36-35-75-33-31-73-29-27-71-25-23-69-21-19-67-17-15-65-13-11-51(61)56-39-41-5-7-42(8-6-41)43-9-10-45-44(37-43)48(59)38-46(57-45)53(62)63/h5-10,37-38,47,49,52,58,64H,1-4,11-36,39-40,54H2,(H,55,60)(H,56,61)(H,57,59)(H,62,63)/t47-,49-,52-/m0/s1. The van der Waals surface area contributed by atoms with Crippen LogP contribution in [0.4, 0.5) is 0 Å². The highest BCUT2D eigenvalue weighted by molar-refractivity contribution is 8.00. The number of pyridine rings is 1. The molecule has 24 heteroatoms. The van der Waals surface area contributed by atoms with Gasteiger partial charge in [0.05, 0.1) is 170 Å². The molecule has 1 aromatic heterocycles. The number of unbranched alkanes of at least 4 members (excludes halogenated alkanes) is 1. The molecule has 3 aromatic rings. The molecule has 0 saturated carbocycles. The van der Waals surface area contributed by atoms with E-state index in [4.69, 9.17) is 67.8 Å². The summed E-state index contributed by atoms with van der Waals surface area (Å²) in [5, 5.41) is 35.1. The molecule has 0 spiro atoms. The number of hydroxylamine groups is 1. The second-order valence-electron chi connectivity index (χ2n) is 17.4. The maximum Gasteiger partial charge on any atom is 0.354 e. The molecular weight excluding hydrogens is 1030 g/mol. The van der Waals surface area contributed by atoms with Crippen molar-refractivity contribution in [3.8, 4) is 16.9 Å². The number of aromatic nitrogens is 1. The molecule has 8 N–H and O–H groups in total. The lowest BCUT2D eigenvalue weighted by Crippen LogP contribution is -2.45. The number of fused-ring (bicyclic) bond motifs is 1. The van der Waals surface area contributed by atoms with E-state index in [2.05, 4.69) is 21.1 Å².